The lowest BCUT2D eigenvalue weighted by Gasteiger charge is -2.22. The van der Waals surface area contributed by atoms with Crippen LogP contribution in [0.5, 0.6) is 0 Å². The van der Waals surface area contributed by atoms with Gasteiger partial charge in [-0.2, -0.15) is 0 Å². The molecule has 0 amide bonds. The highest BCUT2D eigenvalue weighted by Crippen LogP contribution is 2.31. The Labute approximate surface area is 90.9 Å². The van der Waals surface area contributed by atoms with Crippen LogP contribution in [-0.4, -0.2) is 19.4 Å². The molecular weight excluding hydrogens is 186 g/mol. The van der Waals surface area contributed by atoms with Crippen LogP contribution in [0.4, 0.5) is 5.69 Å². The summed E-state index contributed by atoms with van der Waals surface area (Å²) in [6, 6.07) is 6.01. The lowest BCUT2D eigenvalue weighted by molar-refractivity contribution is 0.112. The Morgan fingerprint density at radius 2 is 2.27 bits per heavy atom. The van der Waals surface area contributed by atoms with Gasteiger partial charge in [-0.15, -0.1) is 0 Å². The van der Waals surface area contributed by atoms with Crippen LogP contribution in [-0.2, 0) is 6.42 Å². The van der Waals surface area contributed by atoms with Gasteiger partial charge in [0.15, 0.2) is 6.29 Å². The second-order valence-corrected chi connectivity index (χ2v) is 4.56. The Balaban J connectivity index is 2.35. The first kappa shape index (κ1) is 10.2. The zero-order chi connectivity index (χ0) is 10.8. The van der Waals surface area contributed by atoms with E-state index in [9.17, 15) is 4.79 Å². The summed E-state index contributed by atoms with van der Waals surface area (Å²) >= 11 is 0. The fourth-order valence-electron chi connectivity index (χ4n) is 2.28. The first-order valence-electron chi connectivity index (χ1n) is 5.54. The minimum absolute atomic E-state index is 0.635. The molecule has 0 atom stereocenters. The maximum Gasteiger partial charge on any atom is 0.152 e. The van der Waals surface area contributed by atoms with Gasteiger partial charge in [0, 0.05) is 18.7 Å². The van der Waals surface area contributed by atoms with Crippen LogP contribution >= 0.6 is 0 Å². The number of benzene rings is 1. The van der Waals surface area contributed by atoms with E-state index in [2.05, 4.69) is 24.8 Å². The van der Waals surface area contributed by atoms with Crippen LogP contribution in [0.25, 0.3) is 0 Å². The second-order valence-electron chi connectivity index (χ2n) is 4.56. The van der Waals surface area contributed by atoms with Crippen molar-refractivity contribution < 1.29 is 4.79 Å². The molecule has 0 fully saturated rings. The highest BCUT2D eigenvalue weighted by Gasteiger charge is 2.22. The predicted octanol–water partition coefficient (Wildman–Crippen LogP) is 2.52. The van der Waals surface area contributed by atoms with E-state index in [1.807, 2.05) is 12.1 Å². The van der Waals surface area contributed by atoms with E-state index in [-0.39, 0.29) is 0 Å². The molecule has 1 heterocycles. The maximum absolute atomic E-state index is 11.0. The summed E-state index contributed by atoms with van der Waals surface area (Å²) in [4.78, 5) is 13.3. The fraction of sp³-hybridized carbons (Fsp3) is 0.462. The van der Waals surface area contributed by atoms with Gasteiger partial charge in [-0.05, 0) is 24.0 Å². The van der Waals surface area contributed by atoms with Gasteiger partial charge in [0.2, 0.25) is 0 Å². The van der Waals surface area contributed by atoms with Gasteiger partial charge in [0.1, 0.15) is 0 Å². The topological polar surface area (TPSA) is 20.3 Å². The third-order valence-electron chi connectivity index (χ3n) is 2.83. The molecule has 1 aliphatic heterocycles. The SMILES string of the molecule is CC(C)CN1CCc2cccc(C=O)c21. The van der Waals surface area contributed by atoms with Crippen molar-refractivity contribution >= 4 is 12.0 Å². The van der Waals surface area contributed by atoms with Crippen LogP contribution in [0.15, 0.2) is 18.2 Å². The number of para-hydroxylation sites is 1. The molecule has 80 valence electrons. The molecule has 0 radical (unpaired) electrons. The van der Waals surface area contributed by atoms with E-state index in [1.54, 1.807) is 0 Å². The van der Waals surface area contributed by atoms with Gasteiger partial charge in [0.05, 0.1) is 5.69 Å². The predicted molar refractivity (Wildman–Crippen MR) is 62.6 cm³/mol. The summed E-state index contributed by atoms with van der Waals surface area (Å²) in [7, 11) is 0. The molecule has 0 spiro atoms. The van der Waals surface area contributed by atoms with E-state index in [0.29, 0.717) is 5.92 Å². The Morgan fingerprint density at radius 1 is 1.47 bits per heavy atom. The summed E-state index contributed by atoms with van der Waals surface area (Å²) in [5.74, 6) is 0.635. The Hall–Kier alpha value is -1.31. The average molecular weight is 203 g/mol. The number of fused-ring (bicyclic) bond motifs is 1. The molecule has 0 aromatic heterocycles. The zero-order valence-electron chi connectivity index (χ0n) is 9.36. The number of rotatable bonds is 3. The minimum Gasteiger partial charge on any atom is -0.370 e. The molecular formula is C13H17NO. The van der Waals surface area contributed by atoms with Crippen LogP contribution in [0.3, 0.4) is 0 Å². The highest BCUT2D eigenvalue weighted by atomic mass is 16.1. The largest absolute Gasteiger partial charge is 0.370 e. The molecule has 2 heteroatoms. The Morgan fingerprint density at radius 3 is 2.93 bits per heavy atom. The molecule has 15 heavy (non-hydrogen) atoms. The van der Waals surface area contributed by atoms with Crippen molar-refractivity contribution in [1.29, 1.82) is 0 Å². The first-order valence-corrected chi connectivity index (χ1v) is 5.54. The number of anilines is 1. The van der Waals surface area contributed by atoms with Gasteiger partial charge in [-0.25, -0.2) is 0 Å². The van der Waals surface area contributed by atoms with E-state index >= 15 is 0 Å². The number of carbonyl (C=O) groups excluding carboxylic acids is 1. The lowest BCUT2D eigenvalue weighted by Crippen LogP contribution is -2.26. The van der Waals surface area contributed by atoms with Crippen molar-refractivity contribution in [3.05, 3.63) is 29.3 Å². The van der Waals surface area contributed by atoms with Crippen LogP contribution in [0.1, 0.15) is 29.8 Å². The number of hydrogen-bond donors (Lipinski definition) is 0. The van der Waals surface area contributed by atoms with Gasteiger partial charge in [-0.3, -0.25) is 4.79 Å². The summed E-state index contributed by atoms with van der Waals surface area (Å²) < 4.78 is 0. The molecule has 0 saturated carbocycles. The third-order valence-corrected chi connectivity index (χ3v) is 2.83. The van der Waals surface area contributed by atoms with E-state index < -0.39 is 0 Å². The van der Waals surface area contributed by atoms with E-state index in [1.165, 1.54) is 11.3 Å². The molecule has 0 bridgehead atoms. The second kappa shape index (κ2) is 4.05. The van der Waals surface area contributed by atoms with Crippen molar-refractivity contribution in [2.24, 2.45) is 5.92 Å². The monoisotopic (exact) mass is 203 g/mol. The fourth-order valence-corrected chi connectivity index (χ4v) is 2.28. The van der Waals surface area contributed by atoms with Crippen molar-refractivity contribution in [3.63, 3.8) is 0 Å². The molecule has 1 aliphatic rings. The Kier molecular flexibility index (Phi) is 2.76. The number of aldehydes is 1. The molecule has 1 aromatic rings. The molecule has 0 N–H and O–H groups in total. The van der Waals surface area contributed by atoms with Crippen molar-refractivity contribution in [2.75, 3.05) is 18.0 Å². The number of nitrogens with zero attached hydrogens (tertiary/aromatic N) is 1. The van der Waals surface area contributed by atoms with E-state index in [4.69, 9.17) is 0 Å². The average Bonchev–Trinajstić information content (AvgIpc) is 2.61. The lowest BCUT2D eigenvalue weighted by atomic mass is 10.1. The molecule has 0 saturated heterocycles. The first-order chi connectivity index (χ1) is 7.22. The third kappa shape index (κ3) is 1.89. The number of carbonyl (C=O) groups is 1. The van der Waals surface area contributed by atoms with Crippen LogP contribution < -0.4 is 4.90 Å². The van der Waals surface area contributed by atoms with Crippen LogP contribution in [0.2, 0.25) is 0 Å². The standard InChI is InChI=1S/C13H17NO/c1-10(2)8-14-7-6-11-4-3-5-12(9-15)13(11)14/h3-5,9-10H,6-8H2,1-2H3. The van der Waals surface area contributed by atoms with Gasteiger partial charge in [0.25, 0.3) is 0 Å². The summed E-state index contributed by atoms with van der Waals surface area (Å²) in [6.45, 7) is 6.51. The van der Waals surface area contributed by atoms with Crippen molar-refractivity contribution in [3.8, 4) is 0 Å². The van der Waals surface area contributed by atoms with Gasteiger partial charge >= 0.3 is 0 Å². The van der Waals surface area contributed by atoms with E-state index in [0.717, 1.165) is 31.4 Å². The molecule has 2 nitrogen and oxygen atoms in total. The molecule has 0 aliphatic carbocycles. The van der Waals surface area contributed by atoms with Gasteiger partial charge in [-0.1, -0.05) is 26.0 Å². The number of hydrogen-bond acceptors (Lipinski definition) is 2. The highest BCUT2D eigenvalue weighted by molar-refractivity contribution is 5.87. The molecule has 2 rings (SSSR count). The molecule has 1 aromatic carbocycles. The summed E-state index contributed by atoms with van der Waals surface area (Å²) in [5.41, 5.74) is 3.33. The Bertz CT molecular complexity index is 371. The summed E-state index contributed by atoms with van der Waals surface area (Å²) in [5, 5.41) is 0. The molecule has 0 unspecified atom stereocenters. The van der Waals surface area contributed by atoms with Crippen molar-refractivity contribution in [1.82, 2.24) is 0 Å². The quantitative estimate of drug-likeness (QED) is 0.703. The minimum atomic E-state index is 0.635. The summed E-state index contributed by atoms with van der Waals surface area (Å²) in [6.07, 6.45) is 2.04. The smallest absolute Gasteiger partial charge is 0.152 e. The van der Waals surface area contributed by atoms with Crippen molar-refractivity contribution in [2.45, 2.75) is 20.3 Å². The zero-order valence-corrected chi connectivity index (χ0v) is 9.36. The van der Waals surface area contributed by atoms with Crippen LogP contribution in [0, 0.1) is 5.92 Å². The maximum atomic E-state index is 11.0. The van der Waals surface area contributed by atoms with Gasteiger partial charge < -0.3 is 4.90 Å². The normalized spacial score (nSPS) is 14.5.